The van der Waals surface area contributed by atoms with Crippen LogP contribution in [0, 0.1) is 0 Å². The van der Waals surface area contributed by atoms with Gasteiger partial charge in [-0.1, -0.05) is 12.1 Å². The number of nitrogens with one attached hydrogen (secondary N) is 2. The molecule has 1 aliphatic heterocycles. The molecule has 4 rings (SSSR count). The number of furan rings is 1. The lowest BCUT2D eigenvalue weighted by Gasteiger charge is -2.27. The average Bonchev–Trinajstić information content (AvgIpc) is 3.31. The van der Waals surface area contributed by atoms with Gasteiger partial charge in [0, 0.05) is 31.3 Å². The molecule has 3 heterocycles. The minimum absolute atomic E-state index is 0.127. The molecule has 0 unspecified atom stereocenters. The zero-order valence-electron chi connectivity index (χ0n) is 16.3. The number of carbonyl (C=O) groups excluding carboxylic acids is 1. The van der Waals surface area contributed by atoms with Crippen LogP contribution in [0.2, 0.25) is 0 Å². The summed E-state index contributed by atoms with van der Waals surface area (Å²) < 4.78 is 5.24. The summed E-state index contributed by atoms with van der Waals surface area (Å²) >= 11 is 0. The molecule has 0 aliphatic carbocycles. The van der Waals surface area contributed by atoms with Gasteiger partial charge in [-0.15, -0.1) is 0 Å². The number of benzene rings is 1. The van der Waals surface area contributed by atoms with Gasteiger partial charge in [-0.05, 0) is 49.1 Å². The Morgan fingerprint density at radius 3 is 2.76 bits per heavy atom. The molecule has 1 aliphatic rings. The second-order valence-electron chi connectivity index (χ2n) is 7.13. The predicted molar refractivity (Wildman–Crippen MR) is 112 cm³/mol. The molecule has 7 heteroatoms. The van der Waals surface area contributed by atoms with Gasteiger partial charge in [0.25, 0.3) is 5.91 Å². The van der Waals surface area contributed by atoms with Crippen molar-refractivity contribution in [2.24, 2.45) is 0 Å². The SMILES string of the molecule is O=C(NCc1ccco1)c1cccc(CNc2cc(N3CCCCC3)ncn2)c1. The van der Waals surface area contributed by atoms with Crippen LogP contribution in [-0.2, 0) is 13.1 Å². The third-order valence-corrected chi connectivity index (χ3v) is 5.00. The van der Waals surface area contributed by atoms with Crippen LogP contribution in [0.5, 0.6) is 0 Å². The molecular formula is C22H25N5O2. The number of hydrogen-bond donors (Lipinski definition) is 2. The monoisotopic (exact) mass is 391 g/mol. The van der Waals surface area contributed by atoms with Gasteiger partial charge in [0.1, 0.15) is 23.7 Å². The molecule has 29 heavy (non-hydrogen) atoms. The molecule has 1 amide bonds. The number of aromatic nitrogens is 2. The Morgan fingerprint density at radius 1 is 1.03 bits per heavy atom. The number of piperidine rings is 1. The summed E-state index contributed by atoms with van der Waals surface area (Å²) in [5, 5.41) is 6.20. The quantitative estimate of drug-likeness (QED) is 0.640. The van der Waals surface area contributed by atoms with Crippen molar-refractivity contribution in [1.29, 1.82) is 0 Å². The third kappa shape index (κ3) is 5.13. The van der Waals surface area contributed by atoms with Gasteiger partial charge in [-0.25, -0.2) is 9.97 Å². The standard InChI is InChI=1S/C22H25N5O2/c28-22(24-15-19-8-5-11-29-19)18-7-4-6-17(12-18)14-23-20-13-21(26-16-25-20)27-9-2-1-3-10-27/h4-8,11-13,16H,1-3,9-10,14-15H2,(H,24,28)(H,23,25,26). The number of hydrogen-bond acceptors (Lipinski definition) is 6. The van der Waals surface area contributed by atoms with Gasteiger partial charge in [-0.3, -0.25) is 4.79 Å². The summed E-state index contributed by atoms with van der Waals surface area (Å²) in [6, 6.07) is 13.2. The fraction of sp³-hybridized carbons (Fsp3) is 0.318. The Morgan fingerprint density at radius 2 is 1.93 bits per heavy atom. The third-order valence-electron chi connectivity index (χ3n) is 5.00. The van der Waals surface area contributed by atoms with Gasteiger partial charge in [0.05, 0.1) is 12.8 Å². The zero-order chi connectivity index (χ0) is 19.9. The Bertz CT molecular complexity index is 936. The lowest BCUT2D eigenvalue weighted by atomic mass is 10.1. The van der Waals surface area contributed by atoms with Crippen molar-refractivity contribution >= 4 is 17.5 Å². The van der Waals surface area contributed by atoms with Crippen LogP contribution in [0.15, 0.2) is 59.5 Å². The highest BCUT2D eigenvalue weighted by Gasteiger charge is 2.13. The van der Waals surface area contributed by atoms with E-state index < -0.39 is 0 Å². The highest BCUT2D eigenvalue weighted by molar-refractivity contribution is 5.94. The summed E-state index contributed by atoms with van der Waals surface area (Å²) in [7, 11) is 0. The van der Waals surface area contributed by atoms with E-state index in [9.17, 15) is 4.79 Å². The highest BCUT2D eigenvalue weighted by Crippen LogP contribution is 2.19. The van der Waals surface area contributed by atoms with Crippen LogP contribution in [-0.4, -0.2) is 29.0 Å². The fourth-order valence-electron chi connectivity index (χ4n) is 3.44. The Labute approximate surface area is 170 Å². The number of rotatable bonds is 7. The van der Waals surface area contributed by atoms with Gasteiger partial charge in [-0.2, -0.15) is 0 Å². The first kappa shape index (κ1) is 19.0. The smallest absolute Gasteiger partial charge is 0.251 e. The maximum atomic E-state index is 12.4. The molecule has 1 aromatic carbocycles. The number of anilines is 2. The van der Waals surface area contributed by atoms with E-state index in [0.717, 1.165) is 36.0 Å². The molecule has 3 aromatic rings. The molecule has 2 N–H and O–H groups in total. The maximum Gasteiger partial charge on any atom is 0.251 e. The van der Waals surface area contributed by atoms with E-state index >= 15 is 0 Å². The minimum Gasteiger partial charge on any atom is -0.467 e. The second-order valence-corrected chi connectivity index (χ2v) is 7.13. The molecule has 2 aromatic heterocycles. The van der Waals surface area contributed by atoms with Crippen LogP contribution in [0.1, 0.15) is 40.9 Å². The van der Waals surface area contributed by atoms with Crippen LogP contribution >= 0.6 is 0 Å². The molecule has 150 valence electrons. The first-order valence-electron chi connectivity index (χ1n) is 9.98. The number of nitrogens with zero attached hydrogens (tertiary/aromatic N) is 3. The predicted octanol–water partition coefficient (Wildman–Crippen LogP) is 3.60. The molecule has 0 bridgehead atoms. The van der Waals surface area contributed by atoms with Crippen molar-refractivity contribution in [3.63, 3.8) is 0 Å². The van der Waals surface area contributed by atoms with Crippen molar-refractivity contribution in [3.8, 4) is 0 Å². The Balaban J connectivity index is 1.35. The summed E-state index contributed by atoms with van der Waals surface area (Å²) in [6.45, 7) is 3.04. The largest absolute Gasteiger partial charge is 0.467 e. The maximum absolute atomic E-state index is 12.4. The first-order valence-corrected chi connectivity index (χ1v) is 9.98. The summed E-state index contributed by atoms with van der Waals surface area (Å²) in [4.78, 5) is 23.4. The van der Waals surface area contributed by atoms with E-state index in [1.165, 1.54) is 19.3 Å². The zero-order valence-corrected chi connectivity index (χ0v) is 16.3. The van der Waals surface area contributed by atoms with E-state index in [0.29, 0.717) is 18.7 Å². The lowest BCUT2D eigenvalue weighted by molar-refractivity contribution is 0.0948. The van der Waals surface area contributed by atoms with Gasteiger partial charge >= 0.3 is 0 Å². The summed E-state index contributed by atoms with van der Waals surface area (Å²) in [6.07, 6.45) is 6.91. The van der Waals surface area contributed by atoms with E-state index in [4.69, 9.17) is 4.42 Å². The first-order chi connectivity index (χ1) is 14.3. The van der Waals surface area contributed by atoms with E-state index in [1.807, 2.05) is 30.3 Å². The van der Waals surface area contributed by atoms with Gasteiger partial charge in [0.2, 0.25) is 0 Å². The molecule has 1 fully saturated rings. The fourth-order valence-corrected chi connectivity index (χ4v) is 3.44. The van der Waals surface area contributed by atoms with Crippen LogP contribution < -0.4 is 15.5 Å². The molecule has 0 spiro atoms. The Kier molecular flexibility index (Phi) is 6.04. The van der Waals surface area contributed by atoms with Crippen molar-refractivity contribution in [2.75, 3.05) is 23.3 Å². The lowest BCUT2D eigenvalue weighted by Crippen LogP contribution is -2.30. The van der Waals surface area contributed by atoms with E-state index in [1.54, 1.807) is 24.7 Å². The van der Waals surface area contributed by atoms with Crippen molar-refractivity contribution < 1.29 is 9.21 Å². The minimum atomic E-state index is -0.127. The molecule has 1 saturated heterocycles. The summed E-state index contributed by atoms with van der Waals surface area (Å²) in [5.41, 5.74) is 1.63. The second kappa shape index (κ2) is 9.23. The summed E-state index contributed by atoms with van der Waals surface area (Å²) in [5.74, 6) is 2.35. The number of carbonyl (C=O) groups is 1. The van der Waals surface area contributed by atoms with Gasteiger partial charge in [0.15, 0.2) is 0 Å². The molecule has 7 nitrogen and oxygen atoms in total. The van der Waals surface area contributed by atoms with Crippen LogP contribution in [0.3, 0.4) is 0 Å². The number of amides is 1. The molecule has 0 atom stereocenters. The highest BCUT2D eigenvalue weighted by atomic mass is 16.3. The normalized spacial score (nSPS) is 13.9. The topological polar surface area (TPSA) is 83.3 Å². The molecule has 0 radical (unpaired) electrons. The average molecular weight is 391 g/mol. The van der Waals surface area contributed by atoms with Crippen LogP contribution in [0.25, 0.3) is 0 Å². The van der Waals surface area contributed by atoms with Gasteiger partial charge < -0.3 is 20.0 Å². The van der Waals surface area contributed by atoms with Crippen molar-refractivity contribution in [3.05, 3.63) is 71.9 Å². The van der Waals surface area contributed by atoms with Crippen molar-refractivity contribution in [2.45, 2.75) is 32.4 Å². The van der Waals surface area contributed by atoms with Crippen LogP contribution in [0.4, 0.5) is 11.6 Å². The molecular weight excluding hydrogens is 366 g/mol. The van der Waals surface area contributed by atoms with Crippen molar-refractivity contribution in [1.82, 2.24) is 15.3 Å². The molecule has 0 saturated carbocycles. The van der Waals surface area contributed by atoms with E-state index in [-0.39, 0.29) is 5.91 Å². The van der Waals surface area contributed by atoms with E-state index in [2.05, 4.69) is 25.5 Å². The Hall–Kier alpha value is -3.35.